The third kappa shape index (κ3) is 6.57. The Morgan fingerprint density at radius 2 is 1.18 bits per heavy atom. The predicted octanol–water partition coefficient (Wildman–Crippen LogP) is 15.1. The zero-order valence-corrected chi connectivity index (χ0v) is 35.6. The first-order chi connectivity index (χ1) is 29.9. The molecule has 1 aliphatic carbocycles. The van der Waals surface area contributed by atoms with Crippen LogP contribution in [0.4, 0.5) is 0 Å². The second-order valence-electron chi connectivity index (χ2n) is 16.3. The fourth-order valence-corrected chi connectivity index (χ4v) is 11.4. The van der Waals surface area contributed by atoms with Crippen molar-refractivity contribution in [2.24, 2.45) is 9.98 Å². The Bertz CT molecular complexity index is 3250. The van der Waals surface area contributed by atoms with Crippen molar-refractivity contribution in [2.75, 3.05) is 0 Å². The highest BCUT2D eigenvalue weighted by Crippen LogP contribution is 2.56. The normalized spacial score (nSPS) is 14.1. The Kier molecular flexibility index (Phi) is 9.25. The van der Waals surface area contributed by atoms with Crippen molar-refractivity contribution in [3.05, 3.63) is 216 Å². The third-order valence-electron chi connectivity index (χ3n) is 12.2. The molecule has 2 aliphatic rings. The van der Waals surface area contributed by atoms with Gasteiger partial charge >= 0.3 is 0 Å². The van der Waals surface area contributed by atoms with Crippen LogP contribution in [0.25, 0.3) is 55.4 Å². The second-order valence-corrected chi connectivity index (χ2v) is 18.4. The largest absolute Gasteiger partial charge is 0.309 e. The summed E-state index contributed by atoms with van der Waals surface area (Å²) in [6.07, 6.45) is 2.05. The standard InChI is InChI=1S/C56H41N3S2/c1-56(2)46-31-40(24-28-42(46)44-32-54-55(33-47(44)56)61-53-21-13-12-20-52(53)60-54)39-25-29-51-45(30-39)43-18-10-11-19-50(43)59(51)41-26-22-38(23-27-41)49(58-35-36-14-6-4-7-15-36)34-48(57-3)37-16-8-5-9-17-37/h4-34H,3,35H2,1-2H3/b48-34-,58-49?. The molecule has 0 unspecified atom stereocenters. The molecule has 5 heteroatoms. The Balaban J connectivity index is 0.954. The summed E-state index contributed by atoms with van der Waals surface area (Å²) in [5.41, 5.74) is 16.1. The van der Waals surface area contributed by atoms with Crippen LogP contribution >= 0.6 is 23.5 Å². The van der Waals surface area contributed by atoms with Crippen molar-refractivity contribution in [1.29, 1.82) is 0 Å². The number of benzene rings is 8. The maximum atomic E-state index is 5.12. The van der Waals surface area contributed by atoms with Gasteiger partial charge in [-0.3, -0.25) is 9.98 Å². The first-order valence-electron chi connectivity index (χ1n) is 20.7. The van der Waals surface area contributed by atoms with E-state index in [1.54, 1.807) is 0 Å². The highest BCUT2D eigenvalue weighted by molar-refractivity contribution is 8.05. The Hall–Kier alpha value is -6.66. The zero-order valence-electron chi connectivity index (χ0n) is 34.0. The summed E-state index contributed by atoms with van der Waals surface area (Å²) in [4.78, 5) is 14.9. The molecular weight excluding hydrogens is 779 g/mol. The number of para-hydroxylation sites is 1. The molecule has 1 aromatic heterocycles. The van der Waals surface area contributed by atoms with E-state index in [2.05, 4.69) is 188 Å². The molecule has 1 aliphatic heterocycles. The van der Waals surface area contributed by atoms with Gasteiger partial charge in [-0.15, -0.1) is 0 Å². The molecule has 2 heterocycles. The van der Waals surface area contributed by atoms with Crippen LogP contribution in [0, 0.1) is 0 Å². The summed E-state index contributed by atoms with van der Waals surface area (Å²) in [6, 6.07) is 65.8. The number of hydrogen-bond donors (Lipinski definition) is 0. The van der Waals surface area contributed by atoms with Gasteiger partial charge < -0.3 is 4.57 Å². The van der Waals surface area contributed by atoms with Gasteiger partial charge in [0.1, 0.15) is 0 Å². The molecule has 3 nitrogen and oxygen atoms in total. The number of aromatic nitrogens is 1. The number of allylic oxidation sites excluding steroid dienone is 1. The maximum absolute atomic E-state index is 5.12. The van der Waals surface area contributed by atoms with E-state index >= 15 is 0 Å². The molecule has 11 rings (SSSR count). The van der Waals surface area contributed by atoms with Crippen molar-refractivity contribution >= 4 is 63.5 Å². The topological polar surface area (TPSA) is 29.6 Å². The zero-order chi connectivity index (χ0) is 41.1. The molecule has 0 radical (unpaired) electrons. The van der Waals surface area contributed by atoms with E-state index in [1.807, 2.05) is 53.9 Å². The predicted molar refractivity (Wildman–Crippen MR) is 259 cm³/mol. The van der Waals surface area contributed by atoms with Crippen LogP contribution in [0.2, 0.25) is 0 Å². The van der Waals surface area contributed by atoms with Crippen molar-refractivity contribution in [3.8, 4) is 27.9 Å². The Morgan fingerprint density at radius 3 is 1.93 bits per heavy atom. The van der Waals surface area contributed by atoms with Crippen LogP contribution in [-0.4, -0.2) is 17.0 Å². The monoisotopic (exact) mass is 819 g/mol. The third-order valence-corrected chi connectivity index (χ3v) is 14.8. The lowest BCUT2D eigenvalue weighted by atomic mass is 9.81. The highest BCUT2D eigenvalue weighted by Gasteiger charge is 2.37. The fraction of sp³-hybridized carbons (Fsp3) is 0.0714. The van der Waals surface area contributed by atoms with Crippen molar-refractivity contribution in [1.82, 2.24) is 4.57 Å². The van der Waals surface area contributed by atoms with Crippen molar-refractivity contribution in [2.45, 2.75) is 45.4 Å². The van der Waals surface area contributed by atoms with Crippen LogP contribution in [-0.2, 0) is 12.0 Å². The van der Waals surface area contributed by atoms with Gasteiger partial charge in [-0.1, -0.05) is 159 Å². The molecular formula is C56H41N3S2. The van der Waals surface area contributed by atoms with E-state index < -0.39 is 0 Å². The Labute approximate surface area is 365 Å². The summed E-state index contributed by atoms with van der Waals surface area (Å²) in [5, 5.41) is 2.47. The summed E-state index contributed by atoms with van der Waals surface area (Å²) in [6.45, 7) is 9.24. The van der Waals surface area contributed by atoms with E-state index in [9.17, 15) is 0 Å². The molecule has 9 aromatic rings. The number of rotatable bonds is 8. The van der Waals surface area contributed by atoms with Crippen molar-refractivity contribution in [3.63, 3.8) is 0 Å². The molecule has 0 atom stereocenters. The average Bonchev–Trinajstić information content (AvgIpc) is 3.75. The first-order valence-corrected chi connectivity index (χ1v) is 22.3. The maximum Gasteiger partial charge on any atom is 0.0716 e. The molecule has 8 aromatic carbocycles. The van der Waals surface area contributed by atoms with Gasteiger partial charge in [0.05, 0.1) is 29.0 Å². The van der Waals surface area contributed by atoms with Gasteiger partial charge in [-0.2, -0.15) is 0 Å². The molecule has 292 valence electrons. The number of aliphatic imine (C=N–C) groups is 2. The van der Waals surface area contributed by atoms with Crippen LogP contribution in [0.15, 0.2) is 218 Å². The van der Waals surface area contributed by atoms with Crippen LogP contribution in [0.5, 0.6) is 0 Å². The van der Waals surface area contributed by atoms with Crippen LogP contribution < -0.4 is 0 Å². The second kappa shape index (κ2) is 15.1. The van der Waals surface area contributed by atoms with E-state index in [0.29, 0.717) is 6.54 Å². The SMILES string of the molecule is C=N/C(=C\C(=NCc1ccccc1)c1ccc(-n2c3ccccc3c3cc(-c4ccc5c(c4)C(C)(C)c4cc6c(cc4-5)Sc4ccccc4S6)ccc32)cc1)c1ccccc1. The minimum absolute atomic E-state index is 0.114. The molecule has 0 N–H and O–H groups in total. The van der Waals surface area contributed by atoms with Gasteiger partial charge in [0.15, 0.2) is 0 Å². The smallest absolute Gasteiger partial charge is 0.0716 e. The lowest BCUT2D eigenvalue weighted by Crippen LogP contribution is -2.15. The molecule has 0 saturated carbocycles. The van der Waals surface area contributed by atoms with Gasteiger partial charge in [0.2, 0.25) is 0 Å². The summed E-state index contributed by atoms with van der Waals surface area (Å²) in [7, 11) is 0. The summed E-state index contributed by atoms with van der Waals surface area (Å²) >= 11 is 3.79. The molecule has 0 saturated heterocycles. The molecule has 0 spiro atoms. The van der Waals surface area contributed by atoms with E-state index in [0.717, 1.165) is 33.8 Å². The number of nitrogens with zero attached hydrogens (tertiary/aromatic N) is 3. The summed E-state index contributed by atoms with van der Waals surface area (Å²) < 4.78 is 2.38. The van der Waals surface area contributed by atoms with Crippen molar-refractivity contribution < 1.29 is 0 Å². The number of hydrogen-bond acceptors (Lipinski definition) is 4. The van der Waals surface area contributed by atoms with Crippen LogP contribution in [0.1, 0.15) is 41.7 Å². The number of fused-ring (bicyclic) bond motifs is 8. The van der Waals surface area contributed by atoms with Gasteiger partial charge in [0, 0.05) is 47.0 Å². The Morgan fingerprint density at radius 1 is 0.557 bits per heavy atom. The van der Waals surface area contributed by atoms with Gasteiger partial charge in [-0.05, 0) is 118 Å². The lowest BCUT2D eigenvalue weighted by molar-refractivity contribution is 0.658. The molecule has 0 amide bonds. The van der Waals surface area contributed by atoms with E-state index in [-0.39, 0.29) is 5.41 Å². The quantitative estimate of drug-likeness (QED) is 0.143. The van der Waals surface area contributed by atoms with Crippen LogP contribution in [0.3, 0.4) is 0 Å². The minimum atomic E-state index is -0.114. The van der Waals surface area contributed by atoms with Gasteiger partial charge in [0.25, 0.3) is 0 Å². The molecule has 0 bridgehead atoms. The van der Waals surface area contributed by atoms with Gasteiger partial charge in [-0.25, -0.2) is 0 Å². The van der Waals surface area contributed by atoms with E-state index in [4.69, 9.17) is 4.99 Å². The lowest BCUT2D eigenvalue weighted by Gasteiger charge is -2.24. The fourth-order valence-electron chi connectivity index (χ4n) is 9.09. The minimum Gasteiger partial charge on any atom is -0.309 e. The molecule has 61 heavy (non-hydrogen) atoms. The average molecular weight is 820 g/mol. The summed E-state index contributed by atoms with van der Waals surface area (Å²) in [5.74, 6) is 0. The molecule has 0 fully saturated rings. The first kappa shape index (κ1) is 37.3. The van der Waals surface area contributed by atoms with E-state index in [1.165, 1.54) is 74.8 Å². The highest BCUT2D eigenvalue weighted by atomic mass is 32.2.